The second kappa shape index (κ2) is 5.52. The van der Waals surface area contributed by atoms with Gasteiger partial charge in [0.1, 0.15) is 0 Å². The van der Waals surface area contributed by atoms with E-state index in [-0.39, 0.29) is 5.91 Å². The molecule has 0 atom stereocenters. The highest BCUT2D eigenvalue weighted by Crippen LogP contribution is 2.18. The van der Waals surface area contributed by atoms with Crippen LogP contribution in [0.3, 0.4) is 0 Å². The van der Waals surface area contributed by atoms with Gasteiger partial charge in [0, 0.05) is 11.4 Å². The van der Waals surface area contributed by atoms with E-state index in [9.17, 15) is 4.79 Å². The highest BCUT2D eigenvalue weighted by atomic mass is 35.5. The summed E-state index contributed by atoms with van der Waals surface area (Å²) in [6, 6.07) is 5.92. The lowest BCUT2D eigenvalue weighted by Gasteiger charge is -2.13. The molecule has 3 nitrogen and oxygen atoms in total. The Kier molecular flexibility index (Phi) is 4.02. The van der Waals surface area contributed by atoms with Crippen molar-refractivity contribution in [2.24, 2.45) is 0 Å². The van der Waals surface area contributed by atoms with Gasteiger partial charge in [0.2, 0.25) is 5.91 Å². The van der Waals surface area contributed by atoms with Gasteiger partial charge >= 0.3 is 0 Å². The molecule has 1 aromatic rings. The predicted molar refractivity (Wildman–Crippen MR) is 66.8 cm³/mol. The molecule has 1 aromatic carbocycles. The van der Waals surface area contributed by atoms with Crippen molar-refractivity contribution in [1.29, 1.82) is 0 Å². The molecule has 1 amide bonds. The van der Waals surface area contributed by atoms with Crippen LogP contribution < -0.4 is 0 Å². The Bertz CT molecular complexity index is 414. The summed E-state index contributed by atoms with van der Waals surface area (Å²) >= 11 is 6.04. The average Bonchev–Trinajstić information content (AvgIpc) is 2.84. The van der Waals surface area contributed by atoms with Crippen molar-refractivity contribution in [2.75, 3.05) is 13.2 Å². The number of halogens is 1. The van der Waals surface area contributed by atoms with Gasteiger partial charge in [-0.25, -0.2) is 5.06 Å². The van der Waals surface area contributed by atoms with Crippen molar-refractivity contribution in [3.63, 3.8) is 0 Å². The number of nitrogens with zero attached hydrogens (tertiary/aromatic N) is 1. The summed E-state index contributed by atoms with van der Waals surface area (Å²) in [6.45, 7) is 3.34. The SMILES string of the molecule is Cc1ccc(CCC(=O)N2CCCO2)cc1Cl. The van der Waals surface area contributed by atoms with E-state index in [0.717, 1.165) is 22.6 Å². The average molecular weight is 254 g/mol. The number of benzene rings is 1. The third-order valence-electron chi connectivity index (χ3n) is 2.89. The molecule has 1 saturated heterocycles. The summed E-state index contributed by atoms with van der Waals surface area (Å²) < 4.78 is 0. The number of hydrogen-bond acceptors (Lipinski definition) is 2. The van der Waals surface area contributed by atoms with E-state index in [2.05, 4.69) is 0 Å². The largest absolute Gasteiger partial charge is 0.273 e. The summed E-state index contributed by atoms with van der Waals surface area (Å²) in [4.78, 5) is 16.9. The summed E-state index contributed by atoms with van der Waals surface area (Å²) in [5.41, 5.74) is 2.15. The Balaban J connectivity index is 1.88. The van der Waals surface area contributed by atoms with Crippen LogP contribution in [0.25, 0.3) is 0 Å². The van der Waals surface area contributed by atoms with Crippen LogP contribution in [-0.2, 0) is 16.1 Å². The number of hydroxylamine groups is 2. The number of amides is 1. The molecule has 0 saturated carbocycles. The molecule has 17 heavy (non-hydrogen) atoms. The predicted octanol–water partition coefficient (Wildman–Crippen LogP) is 2.74. The topological polar surface area (TPSA) is 29.5 Å². The van der Waals surface area contributed by atoms with Gasteiger partial charge in [0.15, 0.2) is 0 Å². The number of rotatable bonds is 3. The third kappa shape index (κ3) is 3.20. The normalized spacial score (nSPS) is 15.3. The molecule has 1 aliphatic rings. The van der Waals surface area contributed by atoms with Crippen LogP contribution >= 0.6 is 11.6 Å². The standard InChI is InChI=1S/C13H16ClNO2/c1-10-3-4-11(9-12(10)14)5-6-13(16)15-7-2-8-17-15/h3-4,9H,2,5-8H2,1H3. The molecule has 4 heteroatoms. The van der Waals surface area contributed by atoms with Crippen molar-refractivity contribution in [1.82, 2.24) is 5.06 Å². The zero-order valence-electron chi connectivity index (χ0n) is 9.91. The van der Waals surface area contributed by atoms with E-state index >= 15 is 0 Å². The zero-order chi connectivity index (χ0) is 12.3. The molecule has 92 valence electrons. The molecule has 0 spiro atoms. The second-order valence-corrected chi connectivity index (χ2v) is 4.67. The summed E-state index contributed by atoms with van der Waals surface area (Å²) in [5.74, 6) is 0.0548. The molecule has 0 aromatic heterocycles. The van der Waals surface area contributed by atoms with Gasteiger partial charge in [-0.15, -0.1) is 0 Å². The van der Waals surface area contributed by atoms with Crippen molar-refractivity contribution in [3.8, 4) is 0 Å². The van der Waals surface area contributed by atoms with Crippen LogP contribution in [0.1, 0.15) is 24.0 Å². The van der Waals surface area contributed by atoms with Crippen LogP contribution in [0.2, 0.25) is 5.02 Å². The van der Waals surface area contributed by atoms with E-state index in [0.29, 0.717) is 26.0 Å². The molecule has 1 fully saturated rings. The molecule has 2 rings (SSSR count). The first-order valence-electron chi connectivity index (χ1n) is 5.85. The van der Waals surface area contributed by atoms with Gasteiger partial charge in [-0.2, -0.15) is 0 Å². The maximum Gasteiger partial charge on any atom is 0.246 e. The Hall–Kier alpha value is -1.06. The number of hydrogen-bond donors (Lipinski definition) is 0. The lowest BCUT2D eigenvalue weighted by Crippen LogP contribution is -2.26. The lowest BCUT2D eigenvalue weighted by atomic mass is 10.1. The maximum atomic E-state index is 11.7. The Morgan fingerprint density at radius 3 is 3.00 bits per heavy atom. The van der Waals surface area contributed by atoms with Crippen LogP contribution in [0.5, 0.6) is 0 Å². The first-order chi connectivity index (χ1) is 8.16. The maximum absolute atomic E-state index is 11.7. The van der Waals surface area contributed by atoms with Crippen molar-refractivity contribution in [3.05, 3.63) is 34.3 Å². The van der Waals surface area contributed by atoms with Crippen molar-refractivity contribution >= 4 is 17.5 Å². The van der Waals surface area contributed by atoms with Gasteiger partial charge < -0.3 is 0 Å². The van der Waals surface area contributed by atoms with Gasteiger partial charge in [0.05, 0.1) is 13.2 Å². The molecule has 0 radical (unpaired) electrons. The quantitative estimate of drug-likeness (QED) is 0.829. The second-order valence-electron chi connectivity index (χ2n) is 4.27. The monoisotopic (exact) mass is 253 g/mol. The third-order valence-corrected chi connectivity index (χ3v) is 3.30. The highest BCUT2D eigenvalue weighted by molar-refractivity contribution is 6.31. The van der Waals surface area contributed by atoms with Crippen molar-refractivity contribution in [2.45, 2.75) is 26.2 Å². The first-order valence-corrected chi connectivity index (χ1v) is 6.23. The van der Waals surface area contributed by atoms with Crippen LogP contribution in [0.15, 0.2) is 18.2 Å². The zero-order valence-corrected chi connectivity index (χ0v) is 10.7. The Morgan fingerprint density at radius 2 is 2.35 bits per heavy atom. The molecular formula is C13H16ClNO2. The van der Waals surface area contributed by atoms with Crippen LogP contribution in [0.4, 0.5) is 0 Å². The Labute approximate surface area is 106 Å². The fourth-order valence-corrected chi connectivity index (χ4v) is 2.02. The first kappa shape index (κ1) is 12.4. The van der Waals surface area contributed by atoms with Gasteiger partial charge in [0.25, 0.3) is 0 Å². The smallest absolute Gasteiger partial charge is 0.246 e. The minimum atomic E-state index is 0.0548. The molecule has 1 heterocycles. The Morgan fingerprint density at radius 1 is 1.53 bits per heavy atom. The minimum absolute atomic E-state index is 0.0548. The number of carbonyl (C=O) groups excluding carboxylic acids is 1. The molecule has 0 N–H and O–H groups in total. The molecular weight excluding hydrogens is 238 g/mol. The molecule has 0 unspecified atom stereocenters. The summed E-state index contributed by atoms with van der Waals surface area (Å²) in [7, 11) is 0. The summed E-state index contributed by atoms with van der Waals surface area (Å²) in [6.07, 6.45) is 2.11. The molecule has 1 aliphatic heterocycles. The van der Waals surface area contributed by atoms with E-state index in [1.165, 1.54) is 5.06 Å². The van der Waals surface area contributed by atoms with E-state index in [4.69, 9.17) is 16.4 Å². The fourth-order valence-electron chi connectivity index (χ4n) is 1.81. The van der Waals surface area contributed by atoms with Crippen LogP contribution in [-0.4, -0.2) is 24.1 Å². The number of aryl methyl sites for hydroxylation is 2. The van der Waals surface area contributed by atoms with Gasteiger partial charge in [-0.05, 0) is 37.0 Å². The number of carbonyl (C=O) groups is 1. The minimum Gasteiger partial charge on any atom is -0.273 e. The van der Waals surface area contributed by atoms with E-state index in [1.807, 2.05) is 25.1 Å². The van der Waals surface area contributed by atoms with E-state index < -0.39 is 0 Å². The molecule has 0 bridgehead atoms. The van der Waals surface area contributed by atoms with Gasteiger partial charge in [-0.3, -0.25) is 9.63 Å². The highest BCUT2D eigenvalue weighted by Gasteiger charge is 2.18. The van der Waals surface area contributed by atoms with E-state index in [1.54, 1.807) is 0 Å². The van der Waals surface area contributed by atoms with Crippen LogP contribution in [0, 0.1) is 6.92 Å². The molecule has 0 aliphatic carbocycles. The lowest BCUT2D eigenvalue weighted by molar-refractivity contribution is -0.168. The van der Waals surface area contributed by atoms with Gasteiger partial charge in [-0.1, -0.05) is 23.7 Å². The fraction of sp³-hybridized carbons (Fsp3) is 0.462. The van der Waals surface area contributed by atoms with Crippen molar-refractivity contribution < 1.29 is 9.63 Å². The summed E-state index contributed by atoms with van der Waals surface area (Å²) in [5, 5.41) is 2.22.